The molecule has 0 radical (unpaired) electrons. The smallest absolute Gasteiger partial charge is 0.261 e. The van der Waals surface area contributed by atoms with Crippen molar-refractivity contribution in [3.8, 4) is 11.3 Å². The van der Waals surface area contributed by atoms with E-state index in [1.165, 1.54) is 12.1 Å². The molecule has 2 aromatic carbocycles. The van der Waals surface area contributed by atoms with E-state index in [1.54, 1.807) is 37.3 Å². The molecule has 0 saturated carbocycles. The van der Waals surface area contributed by atoms with E-state index in [-0.39, 0.29) is 5.56 Å². The number of hydrogen-bond acceptors (Lipinski definition) is 3. The van der Waals surface area contributed by atoms with Crippen LogP contribution in [0, 0.1) is 19.7 Å². The molecule has 0 fully saturated rings. The summed E-state index contributed by atoms with van der Waals surface area (Å²) in [5.41, 5.74) is 2.39. The molecule has 0 aliphatic heterocycles. The molecule has 1 N–H and O–H groups in total. The second kappa shape index (κ2) is 6.45. The third-order valence-corrected chi connectivity index (χ3v) is 4.11. The maximum Gasteiger partial charge on any atom is 0.261 e. The quantitative estimate of drug-likeness (QED) is 0.727. The van der Waals surface area contributed by atoms with Gasteiger partial charge in [0.25, 0.3) is 5.91 Å². The largest absolute Gasteiger partial charge is 0.360 e. The second-order valence-electron chi connectivity index (χ2n) is 5.34. The summed E-state index contributed by atoms with van der Waals surface area (Å²) in [5.74, 6) is -0.449. The van der Waals surface area contributed by atoms with E-state index in [2.05, 4.69) is 10.5 Å². The first kappa shape index (κ1) is 16.2. The highest BCUT2D eigenvalue weighted by molar-refractivity contribution is 6.31. The third-order valence-electron chi connectivity index (χ3n) is 3.70. The molecule has 0 aliphatic rings. The number of anilines is 1. The van der Waals surface area contributed by atoms with Gasteiger partial charge in [0.1, 0.15) is 22.8 Å². The number of halogens is 2. The maximum absolute atomic E-state index is 13.5. The zero-order valence-electron chi connectivity index (χ0n) is 13.1. The fraction of sp³-hybridized carbons (Fsp3) is 0.111. The van der Waals surface area contributed by atoms with E-state index in [4.69, 9.17) is 16.1 Å². The predicted octanol–water partition coefficient (Wildman–Crippen LogP) is 5.00. The lowest BCUT2D eigenvalue weighted by molar-refractivity contribution is 0.102. The van der Waals surface area contributed by atoms with Crippen LogP contribution in [0.5, 0.6) is 0 Å². The molecule has 0 unspecified atom stereocenters. The van der Waals surface area contributed by atoms with Gasteiger partial charge in [-0.1, -0.05) is 35.0 Å². The summed E-state index contributed by atoms with van der Waals surface area (Å²) >= 11 is 6.07. The predicted molar refractivity (Wildman–Crippen MR) is 90.8 cm³/mol. The molecular weight excluding hydrogens is 331 g/mol. The lowest BCUT2D eigenvalue weighted by Gasteiger charge is -2.09. The van der Waals surface area contributed by atoms with Crippen LogP contribution >= 0.6 is 11.6 Å². The van der Waals surface area contributed by atoms with Crippen molar-refractivity contribution in [1.29, 1.82) is 0 Å². The minimum absolute atomic E-state index is 0.264. The average Bonchev–Trinajstić information content (AvgIpc) is 2.93. The Balaban J connectivity index is 1.99. The van der Waals surface area contributed by atoms with Crippen LogP contribution in [0.1, 0.15) is 21.7 Å². The molecule has 6 heteroatoms. The highest BCUT2D eigenvalue weighted by atomic mass is 35.5. The van der Waals surface area contributed by atoms with Gasteiger partial charge in [-0.2, -0.15) is 0 Å². The van der Waals surface area contributed by atoms with Crippen molar-refractivity contribution in [1.82, 2.24) is 5.16 Å². The molecule has 24 heavy (non-hydrogen) atoms. The molecular formula is C18H14ClFN2O2. The molecule has 3 rings (SSSR count). The first-order valence-corrected chi connectivity index (χ1v) is 7.64. The van der Waals surface area contributed by atoms with Crippen molar-refractivity contribution in [3.63, 3.8) is 0 Å². The molecule has 0 saturated heterocycles. The SMILES string of the molecule is Cc1onc(-c2cccc(F)c2)c1C(=O)Nc1cccc(Cl)c1C. The fourth-order valence-electron chi connectivity index (χ4n) is 2.40. The monoisotopic (exact) mass is 344 g/mol. The summed E-state index contributed by atoms with van der Waals surface area (Å²) in [7, 11) is 0. The van der Waals surface area contributed by atoms with Crippen LogP contribution < -0.4 is 5.32 Å². The summed E-state index contributed by atoms with van der Waals surface area (Å²) in [6, 6.07) is 11.1. The standard InChI is InChI=1S/C18H14ClFN2O2/c1-10-14(19)7-4-8-15(10)21-18(23)16-11(2)24-22-17(16)12-5-3-6-13(20)9-12/h3-9H,1-2H3,(H,21,23). The Morgan fingerprint density at radius 2 is 1.96 bits per heavy atom. The number of rotatable bonds is 3. The Labute approximate surface area is 143 Å². The molecule has 1 amide bonds. The Morgan fingerprint density at radius 1 is 1.21 bits per heavy atom. The number of carbonyl (C=O) groups excluding carboxylic acids is 1. The van der Waals surface area contributed by atoms with Crippen molar-refractivity contribution < 1.29 is 13.7 Å². The Bertz CT molecular complexity index is 921. The van der Waals surface area contributed by atoms with Crippen LogP contribution in [0.4, 0.5) is 10.1 Å². The van der Waals surface area contributed by atoms with Crippen LogP contribution in [0.2, 0.25) is 5.02 Å². The van der Waals surface area contributed by atoms with Gasteiger partial charge >= 0.3 is 0 Å². The number of nitrogens with zero attached hydrogens (tertiary/aromatic N) is 1. The summed E-state index contributed by atoms with van der Waals surface area (Å²) in [5, 5.41) is 7.26. The van der Waals surface area contributed by atoms with Gasteiger partial charge in [-0.3, -0.25) is 4.79 Å². The lowest BCUT2D eigenvalue weighted by atomic mass is 10.1. The van der Waals surface area contributed by atoms with E-state index >= 15 is 0 Å². The van der Waals surface area contributed by atoms with Gasteiger partial charge in [-0.05, 0) is 43.7 Å². The fourth-order valence-corrected chi connectivity index (χ4v) is 2.57. The molecule has 3 aromatic rings. The number of aromatic nitrogens is 1. The molecule has 0 bridgehead atoms. The Morgan fingerprint density at radius 3 is 2.71 bits per heavy atom. The Kier molecular flexibility index (Phi) is 4.36. The summed E-state index contributed by atoms with van der Waals surface area (Å²) in [6.07, 6.45) is 0. The molecule has 4 nitrogen and oxygen atoms in total. The zero-order chi connectivity index (χ0) is 17.3. The van der Waals surface area contributed by atoms with Gasteiger partial charge in [0, 0.05) is 16.3 Å². The summed E-state index contributed by atoms with van der Waals surface area (Å²) in [6.45, 7) is 3.45. The first-order valence-electron chi connectivity index (χ1n) is 7.26. The average molecular weight is 345 g/mol. The van der Waals surface area contributed by atoms with Crippen LogP contribution in [-0.2, 0) is 0 Å². The molecule has 0 spiro atoms. The number of hydrogen-bond donors (Lipinski definition) is 1. The van der Waals surface area contributed by atoms with Gasteiger partial charge in [-0.15, -0.1) is 0 Å². The van der Waals surface area contributed by atoms with E-state index in [9.17, 15) is 9.18 Å². The van der Waals surface area contributed by atoms with E-state index in [0.29, 0.717) is 27.7 Å². The van der Waals surface area contributed by atoms with Crippen molar-refractivity contribution in [2.45, 2.75) is 13.8 Å². The van der Waals surface area contributed by atoms with E-state index in [0.717, 1.165) is 5.56 Å². The number of carbonyl (C=O) groups is 1. The highest BCUT2D eigenvalue weighted by Crippen LogP contribution is 2.28. The lowest BCUT2D eigenvalue weighted by Crippen LogP contribution is -2.14. The summed E-state index contributed by atoms with van der Waals surface area (Å²) < 4.78 is 18.6. The highest BCUT2D eigenvalue weighted by Gasteiger charge is 2.22. The maximum atomic E-state index is 13.5. The molecule has 122 valence electrons. The van der Waals surface area contributed by atoms with Gasteiger partial charge in [0.15, 0.2) is 0 Å². The number of aryl methyl sites for hydroxylation is 1. The van der Waals surface area contributed by atoms with Crippen molar-refractivity contribution in [3.05, 3.63) is 70.2 Å². The van der Waals surface area contributed by atoms with Gasteiger partial charge in [0.05, 0.1) is 0 Å². The summed E-state index contributed by atoms with van der Waals surface area (Å²) in [4.78, 5) is 12.7. The minimum atomic E-state index is -0.412. The van der Waals surface area contributed by atoms with Crippen molar-refractivity contribution in [2.24, 2.45) is 0 Å². The van der Waals surface area contributed by atoms with Gasteiger partial charge < -0.3 is 9.84 Å². The first-order chi connectivity index (χ1) is 11.5. The second-order valence-corrected chi connectivity index (χ2v) is 5.75. The molecule has 0 atom stereocenters. The van der Waals surface area contributed by atoms with E-state index in [1.807, 2.05) is 6.92 Å². The van der Waals surface area contributed by atoms with Crippen LogP contribution in [0.25, 0.3) is 11.3 Å². The van der Waals surface area contributed by atoms with Gasteiger partial charge in [0.2, 0.25) is 0 Å². The normalized spacial score (nSPS) is 10.7. The van der Waals surface area contributed by atoms with Crippen molar-refractivity contribution in [2.75, 3.05) is 5.32 Å². The number of nitrogens with one attached hydrogen (secondary N) is 1. The topological polar surface area (TPSA) is 55.1 Å². The Hall–Kier alpha value is -2.66. The number of benzene rings is 2. The minimum Gasteiger partial charge on any atom is -0.360 e. The molecule has 0 aliphatic carbocycles. The van der Waals surface area contributed by atoms with Crippen molar-refractivity contribution >= 4 is 23.2 Å². The zero-order valence-corrected chi connectivity index (χ0v) is 13.8. The van der Waals surface area contributed by atoms with Crippen LogP contribution in [-0.4, -0.2) is 11.1 Å². The van der Waals surface area contributed by atoms with Crippen LogP contribution in [0.15, 0.2) is 47.0 Å². The molecule has 1 aromatic heterocycles. The third kappa shape index (κ3) is 3.03. The van der Waals surface area contributed by atoms with E-state index < -0.39 is 11.7 Å². The number of amides is 1. The van der Waals surface area contributed by atoms with Crippen LogP contribution in [0.3, 0.4) is 0 Å². The molecule has 1 heterocycles. The van der Waals surface area contributed by atoms with Gasteiger partial charge in [-0.25, -0.2) is 4.39 Å².